The average Bonchev–Trinajstić information content (AvgIpc) is 3.58. The van der Waals surface area contributed by atoms with Crippen molar-refractivity contribution in [2.24, 2.45) is 0 Å². The Labute approximate surface area is 225 Å². The minimum Gasteiger partial charge on any atom is -0.387 e. The van der Waals surface area contributed by atoms with E-state index in [1.807, 2.05) is 6.07 Å². The molecule has 5 rings (SSSR count). The number of carbonyl (C=O) groups excluding carboxylic acids is 1. The average molecular weight is 546 g/mol. The van der Waals surface area contributed by atoms with Crippen molar-refractivity contribution >= 4 is 28.3 Å². The van der Waals surface area contributed by atoms with Gasteiger partial charge in [0.25, 0.3) is 11.9 Å². The normalized spacial score (nSPS) is 12.2. The van der Waals surface area contributed by atoms with Gasteiger partial charge in [-0.05, 0) is 19.9 Å². The Morgan fingerprint density at radius 1 is 1.10 bits per heavy atom. The van der Waals surface area contributed by atoms with Gasteiger partial charge >= 0.3 is 0 Å². The molecule has 5 aromatic rings. The van der Waals surface area contributed by atoms with Crippen molar-refractivity contribution in [3.05, 3.63) is 72.5 Å². The fraction of sp³-hybridized carbons (Fsp3) is 0.200. The molecule has 3 N–H and O–H groups in total. The molecule has 0 bridgehead atoms. The zero-order valence-corrected chi connectivity index (χ0v) is 21.1. The van der Waals surface area contributed by atoms with Crippen molar-refractivity contribution in [3.8, 4) is 17.8 Å². The molecule has 0 saturated heterocycles. The van der Waals surface area contributed by atoms with E-state index in [4.69, 9.17) is 5.26 Å². The molecule has 0 aliphatic carbocycles. The number of nitriles is 1. The maximum atomic E-state index is 14.3. The van der Waals surface area contributed by atoms with Crippen LogP contribution in [-0.2, 0) is 0 Å². The molecule has 40 heavy (non-hydrogen) atoms. The van der Waals surface area contributed by atoms with Gasteiger partial charge in [-0.2, -0.15) is 20.1 Å². The second kappa shape index (κ2) is 10.4. The number of aliphatic hydroxyl groups is 1. The van der Waals surface area contributed by atoms with Crippen molar-refractivity contribution in [1.82, 2.24) is 44.8 Å². The van der Waals surface area contributed by atoms with Crippen LogP contribution in [-0.4, -0.2) is 68.8 Å². The van der Waals surface area contributed by atoms with Crippen LogP contribution in [0, 0.1) is 17.1 Å². The predicted octanol–water partition coefficient (Wildman–Crippen LogP) is 2.38. The van der Waals surface area contributed by atoms with E-state index in [0.29, 0.717) is 28.1 Å². The van der Waals surface area contributed by atoms with E-state index >= 15 is 0 Å². The number of rotatable bonds is 8. The molecule has 1 atom stereocenters. The van der Waals surface area contributed by atoms with Crippen LogP contribution in [0.2, 0.25) is 0 Å². The van der Waals surface area contributed by atoms with E-state index in [-0.39, 0.29) is 17.2 Å². The molecule has 0 saturated carbocycles. The molecular formula is C25H21F2N11O2. The number of fused-ring (bicyclic) bond motifs is 1. The number of halogens is 2. The number of hydrogen-bond acceptors (Lipinski definition) is 10. The van der Waals surface area contributed by atoms with Crippen LogP contribution in [0.25, 0.3) is 22.8 Å². The number of nitrogens with one attached hydrogen (secondary N) is 2. The van der Waals surface area contributed by atoms with Crippen molar-refractivity contribution in [2.45, 2.75) is 25.6 Å². The summed E-state index contributed by atoms with van der Waals surface area (Å²) in [5.74, 6) is -0.835. The third kappa shape index (κ3) is 5.42. The van der Waals surface area contributed by atoms with Crippen LogP contribution in [0.3, 0.4) is 0 Å². The number of aromatic nitrogens is 8. The highest BCUT2D eigenvalue weighted by Crippen LogP contribution is 2.25. The predicted molar refractivity (Wildman–Crippen MR) is 137 cm³/mol. The maximum Gasteiger partial charge on any atom is 0.255 e. The molecular weight excluding hydrogens is 524 g/mol. The van der Waals surface area contributed by atoms with E-state index in [1.54, 1.807) is 6.07 Å². The third-order valence-electron chi connectivity index (χ3n) is 5.77. The Morgan fingerprint density at radius 3 is 2.60 bits per heavy atom. The van der Waals surface area contributed by atoms with Crippen LogP contribution in [0.4, 0.5) is 20.2 Å². The second-order valence-electron chi connectivity index (χ2n) is 9.22. The van der Waals surface area contributed by atoms with E-state index in [2.05, 4.69) is 40.8 Å². The Hall–Kier alpha value is -5.36. The van der Waals surface area contributed by atoms with Gasteiger partial charge < -0.3 is 15.7 Å². The number of amides is 1. The quantitative estimate of drug-likeness (QED) is 0.263. The molecule has 0 aliphatic rings. The molecule has 0 fully saturated rings. The smallest absolute Gasteiger partial charge is 0.255 e. The molecule has 0 radical (unpaired) electrons. The van der Waals surface area contributed by atoms with Gasteiger partial charge in [-0.1, -0.05) is 0 Å². The Kier molecular flexibility index (Phi) is 6.84. The zero-order valence-electron chi connectivity index (χ0n) is 21.1. The van der Waals surface area contributed by atoms with Crippen LogP contribution in [0.15, 0.2) is 55.5 Å². The minimum atomic E-state index is -1.71. The summed E-state index contributed by atoms with van der Waals surface area (Å²) in [4.78, 5) is 29.5. The van der Waals surface area contributed by atoms with E-state index < -0.39 is 30.0 Å². The zero-order chi connectivity index (χ0) is 28.4. The highest BCUT2D eigenvalue weighted by Gasteiger charge is 2.27. The maximum absolute atomic E-state index is 14.3. The molecule has 0 aliphatic heterocycles. The fourth-order valence-electron chi connectivity index (χ4n) is 3.60. The monoisotopic (exact) mass is 545 g/mol. The Morgan fingerprint density at radius 2 is 1.88 bits per heavy atom. The summed E-state index contributed by atoms with van der Waals surface area (Å²) >= 11 is 0. The van der Waals surface area contributed by atoms with Gasteiger partial charge in [0.2, 0.25) is 0 Å². The summed E-state index contributed by atoms with van der Waals surface area (Å²) in [6.45, 7) is 2.17. The topological polar surface area (TPSA) is 172 Å². The molecule has 5 heterocycles. The summed E-state index contributed by atoms with van der Waals surface area (Å²) in [5, 5.41) is 33.6. The van der Waals surface area contributed by atoms with Crippen molar-refractivity contribution in [1.29, 1.82) is 5.26 Å². The lowest BCUT2D eigenvalue weighted by molar-refractivity contribution is -0.00177. The van der Waals surface area contributed by atoms with Crippen LogP contribution in [0.1, 0.15) is 29.8 Å². The largest absolute Gasteiger partial charge is 0.387 e. The summed E-state index contributed by atoms with van der Waals surface area (Å²) in [6.07, 6.45) is 7.48. The molecule has 1 unspecified atom stereocenters. The minimum absolute atomic E-state index is 0.0636. The van der Waals surface area contributed by atoms with Gasteiger partial charge in [0.05, 0.1) is 65.6 Å². The van der Waals surface area contributed by atoms with Gasteiger partial charge in [0, 0.05) is 23.8 Å². The Bertz CT molecular complexity index is 1740. The van der Waals surface area contributed by atoms with Gasteiger partial charge in [0.15, 0.2) is 17.3 Å². The van der Waals surface area contributed by atoms with Crippen molar-refractivity contribution in [2.75, 3.05) is 11.9 Å². The SMILES string of the molecule is CC(C)(O)C(F)CNC(=O)c1cnc(-n2ncc3cc(C#N)cnc32)cc1Nc1cnn(-c2ncc(F)cn2)c1. The van der Waals surface area contributed by atoms with Gasteiger partial charge in [-0.3, -0.25) is 4.79 Å². The summed E-state index contributed by atoms with van der Waals surface area (Å²) < 4.78 is 30.2. The first-order valence-corrected chi connectivity index (χ1v) is 11.8. The van der Waals surface area contributed by atoms with E-state index in [1.165, 1.54) is 60.3 Å². The standard InChI is InChI=1S/C25H21F2N11O2/c1-25(2,40)20(27)12-31-23(39)18-11-29-21(38-22-15(7-35-38)3-14(5-28)6-30-22)4-19(18)36-17-10-34-37(13-17)24-32-8-16(26)9-33-24/h3-4,6-11,13,20,40H,12H2,1-2H3,(H,29,36)(H,31,39). The number of pyridine rings is 2. The molecule has 202 valence electrons. The van der Waals surface area contributed by atoms with Crippen LogP contribution in [0.5, 0.6) is 0 Å². The van der Waals surface area contributed by atoms with Gasteiger partial charge in [0.1, 0.15) is 12.2 Å². The number of nitrogens with zero attached hydrogens (tertiary/aromatic N) is 9. The lowest BCUT2D eigenvalue weighted by Crippen LogP contribution is -2.42. The summed E-state index contributed by atoms with van der Waals surface area (Å²) in [7, 11) is 0. The van der Waals surface area contributed by atoms with Crippen LogP contribution >= 0.6 is 0 Å². The molecule has 5 aromatic heterocycles. The first-order chi connectivity index (χ1) is 19.1. The number of alkyl halides is 1. The molecule has 1 amide bonds. The third-order valence-corrected chi connectivity index (χ3v) is 5.77. The number of anilines is 2. The molecule has 13 nitrogen and oxygen atoms in total. The van der Waals surface area contributed by atoms with E-state index in [0.717, 1.165) is 12.4 Å². The highest BCUT2D eigenvalue weighted by molar-refractivity contribution is 6.00. The Balaban J connectivity index is 1.50. The summed E-state index contributed by atoms with van der Waals surface area (Å²) in [6, 6.07) is 5.19. The van der Waals surface area contributed by atoms with Gasteiger partial charge in [-0.15, -0.1) is 0 Å². The van der Waals surface area contributed by atoms with Crippen LogP contribution < -0.4 is 10.6 Å². The first kappa shape index (κ1) is 26.3. The molecule has 0 spiro atoms. The lowest BCUT2D eigenvalue weighted by atomic mass is 10.0. The highest BCUT2D eigenvalue weighted by atomic mass is 19.1. The number of carbonyl (C=O) groups is 1. The van der Waals surface area contributed by atoms with Gasteiger partial charge in [-0.25, -0.2) is 33.4 Å². The lowest BCUT2D eigenvalue weighted by Gasteiger charge is -2.22. The molecule has 15 heteroatoms. The van der Waals surface area contributed by atoms with Crippen molar-refractivity contribution in [3.63, 3.8) is 0 Å². The number of hydrogen-bond donors (Lipinski definition) is 3. The van der Waals surface area contributed by atoms with E-state index in [9.17, 15) is 18.7 Å². The second-order valence-corrected chi connectivity index (χ2v) is 9.22. The first-order valence-electron chi connectivity index (χ1n) is 11.8. The van der Waals surface area contributed by atoms with Crippen molar-refractivity contribution < 1.29 is 18.7 Å². The fourth-order valence-corrected chi connectivity index (χ4v) is 3.60. The summed E-state index contributed by atoms with van der Waals surface area (Å²) in [5.41, 5.74) is -0.101. The molecule has 0 aromatic carbocycles.